The van der Waals surface area contributed by atoms with Crippen LogP contribution in [0.2, 0.25) is 0 Å². The van der Waals surface area contributed by atoms with Crippen molar-refractivity contribution in [2.75, 3.05) is 7.11 Å². The van der Waals surface area contributed by atoms with Crippen molar-refractivity contribution < 1.29 is 34.7 Å². The number of allylic oxidation sites excluding steroid dienone is 7. The van der Waals surface area contributed by atoms with E-state index in [0.717, 1.165) is 28.3 Å². The van der Waals surface area contributed by atoms with Crippen LogP contribution in [0.5, 0.6) is 0 Å². The molecule has 0 aromatic heterocycles. The van der Waals surface area contributed by atoms with Crippen LogP contribution < -0.4 is 0 Å². The van der Waals surface area contributed by atoms with Crippen molar-refractivity contribution in [2.45, 2.75) is 69.2 Å². The maximum absolute atomic E-state index is 11.5. The van der Waals surface area contributed by atoms with Gasteiger partial charge in [-0.05, 0) is 25.0 Å². The van der Waals surface area contributed by atoms with Gasteiger partial charge in [0.05, 0.1) is 12.9 Å². The van der Waals surface area contributed by atoms with Gasteiger partial charge < -0.3 is 9.84 Å². The normalized spacial score (nSPS) is 19.8. The molecule has 1 N–H and O–H groups in total. The third-order valence-corrected chi connectivity index (χ3v) is 6.01. The molecule has 0 spiro atoms. The Morgan fingerprint density at radius 3 is 2.17 bits per heavy atom. The van der Waals surface area contributed by atoms with Gasteiger partial charge in [0.1, 0.15) is 5.76 Å². The topological polar surface area (TPSA) is 58.9 Å². The molecule has 199 valence electrons. The predicted molar refractivity (Wildman–Crippen MR) is 146 cm³/mol. The number of dihydropyridines is 1. The molecule has 2 unspecified atom stereocenters. The fourth-order valence-electron chi connectivity index (χ4n) is 3.87. The van der Waals surface area contributed by atoms with Gasteiger partial charge in [0.2, 0.25) is 0 Å². The quantitative estimate of drug-likeness (QED) is 0.205. The molecule has 1 heterocycles. The fourth-order valence-corrected chi connectivity index (χ4v) is 3.87. The van der Waals surface area contributed by atoms with Crippen molar-refractivity contribution in [2.24, 2.45) is 27.7 Å². The number of benzene rings is 1. The summed E-state index contributed by atoms with van der Waals surface area (Å²) in [6.07, 6.45) is 8.00. The molecule has 1 aliphatic heterocycles. The smallest absolute Gasteiger partial charge is 0.164 e. The van der Waals surface area contributed by atoms with Crippen LogP contribution in [-0.2, 0) is 29.6 Å². The van der Waals surface area contributed by atoms with E-state index in [2.05, 4.69) is 64.1 Å². The van der Waals surface area contributed by atoms with Gasteiger partial charge in [-0.1, -0.05) is 74.0 Å². The Balaban J connectivity index is 0.000000402. The zero-order valence-electron chi connectivity index (χ0n) is 23.7. The summed E-state index contributed by atoms with van der Waals surface area (Å²) < 4.78 is 5.62. The second kappa shape index (κ2) is 12.3. The maximum Gasteiger partial charge on any atom is 0.164 e. The first kappa shape index (κ1) is 31.8. The number of hydrogen-bond acceptors (Lipinski definition) is 4. The molecule has 0 fully saturated rings. The number of aryl methyl sites for hydroxylation is 2. The van der Waals surface area contributed by atoms with Crippen molar-refractivity contribution in [3.8, 4) is 0 Å². The summed E-state index contributed by atoms with van der Waals surface area (Å²) in [6, 6.07) is 7.65. The van der Waals surface area contributed by atoms with Gasteiger partial charge >= 0.3 is 0 Å². The van der Waals surface area contributed by atoms with E-state index < -0.39 is 5.41 Å². The summed E-state index contributed by atoms with van der Waals surface area (Å²) in [4.78, 5) is 16.4. The van der Waals surface area contributed by atoms with Crippen LogP contribution in [0, 0.1) is 42.6 Å². The number of ether oxygens (including phenoxy) is 1. The molecule has 5 heteroatoms. The first-order valence-electron chi connectivity index (χ1n) is 12.2. The second-order valence-electron chi connectivity index (χ2n) is 11.7. The maximum atomic E-state index is 11.5. The molecule has 0 bridgehead atoms. The van der Waals surface area contributed by atoms with Crippen molar-refractivity contribution in [1.82, 2.24) is 0 Å². The molecule has 1 radical (unpaired) electrons. The zero-order valence-corrected chi connectivity index (χ0v) is 26.1. The SMILES string of the molecule is CC(C)(C)C(=O)/C=C(\O)C(C)(C)C.COC1=CC2C(=CC(C)=CC2C)N=C1c1[c-]c(C)cc(C)c1.[Ir]. The first-order chi connectivity index (χ1) is 16.0. The third kappa shape index (κ3) is 8.42. The average molecular weight is 669 g/mol. The third-order valence-electron chi connectivity index (χ3n) is 6.01. The van der Waals surface area contributed by atoms with E-state index in [-0.39, 0.29) is 37.1 Å². The van der Waals surface area contributed by atoms with Crippen molar-refractivity contribution >= 4 is 11.5 Å². The van der Waals surface area contributed by atoms with Gasteiger partial charge in [0.15, 0.2) is 5.78 Å². The molecule has 3 rings (SSSR count). The number of carbonyl (C=O) groups excluding carboxylic acids is 1. The molecular formula is C31H42IrNO3-. The molecule has 0 saturated carbocycles. The van der Waals surface area contributed by atoms with E-state index in [1.807, 2.05) is 41.5 Å². The number of nitrogens with zero attached hydrogens (tertiary/aromatic N) is 1. The van der Waals surface area contributed by atoms with Gasteiger partial charge in [-0.25, -0.2) is 0 Å². The molecule has 36 heavy (non-hydrogen) atoms. The number of aliphatic imine (C=N–C) groups is 1. The van der Waals surface area contributed by atoms with E-state index in [0.29, 0.717) is 11.8 Å². The summed E-state index contributed by atoms with van der Waals surface area (Å²) >= 11 is 0. The number of rotatable bonds is 3. The molecule has 2 aliphatic rings. The monoisotopic (exact) mass is 669 g/mol. The molecular weight excluding hydrogens is 627 g/mol. The molecule has 1 aliphatic carbocycles. The molecule has 4 nitrogen and oxygen atoms in total. The fraction of sp³-hybridized carbons (Fsp3) is 0.484. The molecule has 2 atom stereocenters. The van der Waals surface area contributed by atoms with Crippen LogP contribution in [0.15, 0.2) is 64.2 Å². The summed E-state index contributed by atoms with van der Waals surface area (Å²) in [5.41, 5.74) is 5.87. The Hall–Kier alpha value is -2.23. The zero-order chi connectivity index (χ0) is 26.7. The predicted octanol–water partition coefficient (Wildman–Crippen LogP) is 7.62. The van der Waals surface area contributed by atoms with Crippen LogP contribution in [-0.4, -0.2) is 23.7 Å². The van der Waals surface area contributed by atoms with E-state index in [4.69, 9.17) is 9.73 Å². The van der Waals surface area contributed by atoms with Gasteiger partial charge in [-0.3, -0.25) is 9.79 Å². The Labute approximate surface area is 231 Å². The number of aliphatic hydroxyl groups excluding tert-OH is 1. The Bertz CT molecular complexity index is 1100. The molecule has 1 aromatic carbocycles. The number of aliphatic hydroxyl groups is 1. The summed E-state index contributed by atoms with van der Waals surface area (Å²) in [5.74, 6) is 1.70. The van der Waals surface area contributed by atoms with Gasteiger partial charge in [0, 0.05) is 54.3 Å². The van der Waals surface area contributed by atoms with Gasteiger partial charge in [-0.2, -0.15) is 0 Å². The number of ketones is 1. The minimum absolute atomic E-state index is 0. The number of methoxy groups -OCH3 is 1. The summed E-state index contributed by atoms with van der Waals surface area (Å²) in [7, 11) is 1.72. The summed E-state index contributed by atoms with van der Waals surface area (Å²) in [6.45, 7) is 19.6. The van der Waals surface area contributed by atoms with Crippen LogP contribution in [0.1, 0.15) is 72.1 Å². The Morgan fingerprint density at radius 1 is 1.06 bits per heavy atom. The minimum atomic E-state index is -0.417. The van der Waals surface area contributed by atoms with Crippen molar-refractivity contribution in [1.29, 1.82) is 0 Å². The largest absolute Gasteiger partial charge is 0.512 e. The van der Waals surface area contributed by atoms with Crippen molar-refractivity contribution in [3.05, 3.63) is 82.0 Å². The van der Waals surface area contributed by atoms with Gasteiger partial charge in [-0.15, -0.1) is 34.9 Å². The number of fused-ring (bicyclic) bond motifs is 1. The molecule has 0 saturated heterocycles. The van der Waals surface area contributed by atoms with E-state index in [1.165, 1.54) is 17.2 Å². The van der Waals surface area contributed by atoms with Crippen LogP contribution in [0.4, 0.5) is 0 Å². The van der Waals surface area contributed by atoms with E-state index in [1.54, 1.807) is 7.11 Å². The minimum Gasteiger partial charge on any atom is -0.512 e. The van der Waals surface area contributed by atoms with Gasteiger partial charge in [0.25, 0.3) is 0 Å². The number of hydrogen-bond donors (Lipinski definition) is 1. The Kier molecular flexibility index (Phi) is 10.9. The van der Waals surface area contributed by atoms with Crippen molar-refractivity contribution in [3.63, 3.8) is 0 Å². The Morgan fingerprint density at radius 2 is 1.67 bits per heavy atom. The second-order valence-corrected chi connectivity index (χ2v) is 11.7. The number of carbonyl (C=O) groups is 1. The first-order valence-corrected chi connectivity index (χ1v) is 12.2. The molecule has 1 aromatic rings. The van der Waals surface area contributed by atoms with Crippen LogP contribution in [0.25, 0.3) is 0 Å². The standard InChI is InChI=1S/C20H22NO.C11H20O2.Ir/c1-12-6-13(2)9-16(8-12)20-19(22-5)11-17-15(4)7-14(3)10-18(17)21-20;1-10(2,3)8(12)7-9(13)11(4,5)6;/h6-8,10-11,15,17H,1-5H3;7,12H,1-6H3;/q-1;;/b;8-7-;. The van der Waals surface area contributed by atoms with E-state index >= 15 is 0 Å². The van der Waals surface area contributed by atoms with Crippen LogP contribution in [0.3, 0.4) is 0 Å². The van der Waals surface area contributed by atoms with Crippen LogP contribution >= 0.6 is 0 Å². The molecule has 0 amide bonds. The van der Waals surface area contributed by atoms with E-state index in [9.17, 15) is 9.90 Å². The average Bonchev–Trinajstić information content (AvgIpc) is 2.71. The summed E-state index contributed by atoms with van der Waals surface area (Å²) in [5, 5.41) is 9.56.